The molecule has 2 aromatic rings. The van der Waals surface area contributed by atoms with Crippen LogP contribution in [0.1, 0.15) is 25.0 Å². The summed E-state index contributed by atoms with van der Waals surface area (Å²) in [6, 6.07) is 17.9. The molecule has 0 amide bonds. The van der Waals surface area contributed by atoms with E-state index in [-0.39, 0.29) is 0 Å². The summed E-state index contributed by atoms with van der Waals surface area (Å²) in [6.07, 6.45) is 1.88. The van der Waals surface area contributed by atoms with Crippen LogP contribution in [0, 0.1) is 0 Å². The van der Waals surface area contributed by atoms with Gasteiger partial charge < -0.3 is 9.84 Å². The molecule has 0 saturated carbocycles. The minimum absolute atomic E-state index is 0.824. The van der Waals surface area contributed by atoms with Crippen molar-refractivity contribution in [3.05, 3.63) is 71.8 Å². The molecule has 0 aromatic heterocycles. The molecule has 0 heterocycles. The number of ether oxygens (including phenoxy) is 1. The zero-order valence-corrected chi connectivity index (χ0v) is 12.1. The Balaban J connectivity index is 2.49. The van der Waals surface area contributed by atoms with Crippen LogP contribution < -0.4 is 4.74 Å². The van der Waals surface area contributed by atoms with E-state index in [0.29, 0.717) is 0 Å². The summed E-state index contributed by atoms with van der Waals surface area (Å²) in [6.45, 7) is 3.55. The lowest BCUT2D eigenvalue weighted by molar-refractivity contribution is 0.133. The number of methoxy groups -OCH3 is 1. The minimum atomic E-state index is -0.870. The summed E-state index contributed by atoms with van der Waals surface area (Å²) in [5.74, 6) is 0.824. The molecule has 104 valence electrons. The van der Waals surface area contributed by atoms with E-state index in [9.17, 15) is 5.11 Å². The highest BCUT2D eigenvalue weighted by Crippen LogP contribution is 2.27. The van der Waals surface area contributed by atoms with Gasteiger partial charge in [0.05, 0.1) is 12.7 Å². The van der Waals surface area contributed by atoms with E-state index < -0.39 is 5.60 Å². The van der Waals surface area contributed by atoms with Gasteiger partial charge in [0.2, 0.25) is 0 Å². The maximum atomic E-state index is 10.1. The summed E-state index contributed by atoms with van der Waals surface area (Å²) in [4.78, 5) is 0. The Morgan fingerprint density at radius 2 is 1.50 bits per heavy atom. The second kappa shape index (κ2) is 5.93. The first-order valence-corrected chi connectivity index (χ1v) is 6.65. The van der Waals surface area contributed by atoms with Crippen molar-refractivity contribution in [1.82, 2.24) is 0 Å². The highest BCUT2D eigenvalue weighted by Gasteiger charge is 2.13. The van der Waals surface area contributed by atoms with Gasteiger partial charge in [-0.25, -0.2) is 0 Å². The van der Waals surface area contributed by atoms with Gasteiger partial charge in [0.15, 0.2) is 0 Å². The van der Waals surface area contributed by atoms with Crippen molar-refractivity contribution in [3.63, 3.8) is 0 Å². The normalized spacial score (nSPS) is 12.3. The first-order chi connectivity index (χ1) is 9.49. The molecule has 0 atom stereocenters. The molecule has 0 aliphatic carbocycles. The molecule has 2 rings (SSSR count). The maximum Gasteiger partial charge on any atom is 0.118 e. The number of aliphatic hydroxyl groups is 1. The van der Waals surface area contributed by atoms with Gasteiger partial charge in [-0.15, -0.1) is 0 Å². The maximum absolute atomic E-state index is 10.1. The van der Waals surface area contributed by atoms with E-state index in [1.807, 2.05) is 60.7 Å². The van der Waals surface area contributed by atoms with Gasteiger partial charge in [0.25, 0.3) is 0 Å². The van der Waals surface area contributed by atoms with Gasteiger partial charge in [-0.1, -0.05) is 42.5 Å². The number of benzene rings is 2. The average Bonchev–Trinajstić information content (AvgIpc) is 2.45. The summed E-state index contributed by atoms with van der Waals surface area (Å²) < 4.78 is 5.19. The van der Waals surface area contributed by atoms with Crippen molar-refractivity contribution in [2.45, 2.75) is 19.4 Å². The SMILES string of the molecule is COc1ccc(/C(=C/C(C)(C)O)c2ccccc2)cc1. The highest BCUT2D eigenvalue weighted by molar-refractivity contribution is 5.80. The second-order valence-electron chi connectivity index (χ2n) is 5.31. The molecule has 2 heteroatoms. The number of hydrogen-bond acceptors (Lipinski definition) is 2. The van der Waals surface area contributed by atoms with Crippen LogP contribution in [-0.2, 0) is 0 Å². The fourth-order valence-electron chi connectivity index (χ4n) is 2.07. The smallest absolute Gasteiger partial charge is 0.118 e. The van der Waals surface area contributed by atoms with Gasteiger partial charge in [-0.3, -0.25) is 0 Å². The molecule has 0 aliphatic heterocycles. The Bertz CT molecular complexity index is 575. The third-order valence-corrected chi connectivity index (χ3v) is 2.98. The Morgan fingerprint density at radius 1 is 0.950 bits per heavy atom. The van der Waals surface area contributed by atoms with Crippen LogP contribution in [0.15, 0.2) is 60.7 Å². The Labute approximate surface area is 120 Å². The van der Waals surface area contributed by atoms with Crippen LogP contribution in [-0.4, -0.2) is 17.8 Å². The van der Waals surface area contributed by atoms with Crippen molar-refractivity contribution in [1.29, 1.82) is 0 Å². The van der Waals surface area contributed by atoms with Crippen LogP contribution >= 0.6 is 0 Å². The van der Waals surface area contributed by atoms with Crippen molar-refractivity contribution in [2.24, 2.45) is 0 Å². The number of rotatable bonds is 4. The van der Waals surface area contributed by atoms with Crippen molar-refractivity contribution in [3.8, 4) is 5.75 Å². The summed E-state index contributed by atoms with van der Waals surface area (Å²) in [7, 11) is 1.65. The zero-order valence-electron chi connectivity index (χ0n) is 12.1. The Morgan fingerprint density at radius 3 is 2.00 bits per heavy atom. The van der Waals surface area contributed by atoms with Crippen molar-refractivity contribution in [2.75, 3.05) is 7.11 Å². The molecule has 2 nitrogen and oxygen atoms in total. The molecule has 0 fully saturated rings. The van der Waals surface area contributed by atoms with Crippen LogP contribution in [0.3, 0.4) is 0 Å². The van der Waals surface area contributed by atoms with Crippen molar-refractivity contribution >= 4 is 5.57 Å². The molecule has 0 spiro atoms. The fraction of sp³-hybridized carbons (Fsp3) is 0.222. The standard InChI is InChI=1S/C18H20O2/c1-18(2,19)13-17(14-7-5-4-6-8-14)15-9-11-16(20-3)12-10-15/h4-13,19H,1-3H3/b17-13+. The largest absolute Gasteiger partial charge is 0.497 e. The van der Waals surface area contributed by atoms with E-state index >= 15 is 0 Å². The zero-order chi connectivity index (χ0) is 14.6. The van der Waals surface area contributed by atoms with Crippen LogP contribution in [0.4, 0.5) is 0 Å². The predicted molar refractivity (Wildman–Crippen MR) is 82.8 cm³/mol. The highest BCUT2D eigenvalue weighted by atomic mass is 16.5. The molecule has 0 unspecified atom stereocenters. The van der Waals surface area contributed by atoms with Crippen LogP contribution in [0.25, 0.3) is 5.57 Å². The summed E-state index contributed by atoms with van der Waals surface area (Å²) >= 11 is 0. The summed E-state index contributed by atoms with van der Waals surface area (Å²) in [5.41, 5.74) is 2.28. The topological polar surface area (TPSA) is 29.5 Å². The summed E-state index contributed by atoms with van der Waals surface area (Å²) in [5, 5.41) is 10.1. The van der Waals surface area contributed by atoms with Gasteiger partial charge in [0.1, 0.15) is 5.75 Å². The molecular weight excluding hydrogens is 248 g/mol. The third kappa shape index (κ3) is 3.72. The van der Waals surface area contributed by atoms with Gasteiger partial charge in [-0.2, -0.15) is 0 Å². The molecule has 0 aliphatic rings. The number of hydrogen-bond donors (Lipinski definition) is 1. The Kier molecular flexibility index (Phi) is 4.26. The second-order valence-corrected chi connectivity index (χ2v) is 5.31. The van der Waals surface area contributed by atoms with Gasteiger partial charge >= 0.3 is 0 Å². The Hall–Kier alpha value is -2.06. The third-order valence-electron chi connectivity index (χ3n) is 2.98. The molecular formula is C18H20O2. The molecule has 0 radical (unpaired) electrons. The molecule has 2 aromatic carbocycles. The molecule has 0 bridgehead atoms. The fourth-order valence-corrected chi connectivity index (χ4v) is 2.07. The first-order valence-electron chi connectivity index (χ1n) is 6.65. The van der Waals surface area contributed by atoms with Crippen LogP contribution in [0.2, 0.25) is 0 Å². The molecule has 0 saturated heterocycles. The monoisotopic (exact) mass is 268 g/mol. The van der Waals surface area contributed by atoms with Crippen LogP contribution in [0.5, 0.6) is 5.75 Å². The van der Waals surface area contributed by atoms with Gasteiger partial charge in [-0.05, 0) is 48.8 Å². The van der Waals surface area contributed by atoms with Gasteiger partial charge in [0, 0.05) is 0 Å². The van der Waals surface area contributed by atoms with E-state index in [4.69, 9.17) is 4.74 Å². The lowest BCUT2D eigenvalue weighted by Crippen LogP contribution is -2.15. The van der Waals surface area contributed by atoms with E-state index in [1.54, 1.807) is 21.0 Å². The average molecular weight is 268 g/mol. The van der Waals surface area contributed by atoms with E-state index in [0.717, 1.165) is 22.4 Å². The quantitative estimate of drug-likeness (QED) is 0.911. The molecule has 1 N–H and O–H groups in total. The van der Waals surface area contributed by atoms with E-state index in [2.05, 4.69) is 0 Å². The predicted octanol–water partition coefficient (Wildman–Crippen LogP) is 3.90. The molecule has 20 heavy (non-hydrogen) atoms. The minimum Gasteiger partial charge on any atom is -0.497 e. The lowest BCUT2D eigenvalue weighted by atomic mass is 9.93. The first kappa shape index (κ1) is 14.4. The van der Waals surface area contributed by atoms with E-state index in [1.165, 1.54) is 0 Å². The lowest BCUT2D eigenvalue weighted by Gasteiger charge is -2.16. The van der Waals surface area contributed by atoms with Crippen molar-refractivity contribution < 1.29 is 9.84 Å².